The highest BCUT2D eigenvalue weighted by atomic mass is 16.3. The summed E-state index contributed by atoms with van der Waals surface area (Å²) in [5, 5.41) is 9.98. The van der Waals surface area contributed by atoms with Gasteiger partial charge in [0.25, 0.3) is 0 Å². The molecule has 0 aromatic heterocycles. The third-order valence-electron chi connectivity index (χ3n) is 2.76. The van der Waals surface area contributed by atoms with E-state index in [9.17, 15) is 14.7 Å². The van der Waals surface area contributed by atoms with Crippen molar-refractivity contribution in [2.45, 2.75) is 19.8 Å². The van der Waals surface area contributed by atoms with Crippen LogP contribution in [0.1, 0.15) is 24.5 Å². The van der Waals surface area contributed by atoms with Crippen molar-refractivity contribution in [3.05, 3.63) is 41.0 Å². The van der Waals surface area contributed by atoms with Crippen LogP contribution in [-0.2, 0) is 16.0 Å². The van der Waals surface area contributed by atoms with E-state index < -0.39 is 0 Å². The fourth-order valence-electron chi connectivity index (χ4n) is 1.97. The van der Waals surface area contributed by atoms with E-state index in [1.807, 2.05) is 12.1 Å². The van der Waals surface area contributed by atoms with Gasteiger partial charge in [0, 0.05) is 12.0 Å². The average molecular weight is 216 g/mol. The summed E-state index contributed by atoms with van der Waals surface area (Å²) in [6.45, 7) is 1.30. The molecule has 0 saturated heterocycles. The molecule has 0 fully saturated rings. The minimum atomic E-state index is -0.376. The standard InChI is InChI=1S/C13H12O3/c1-8(14)12-11(15)7-6-9-4-2-3-5-10(9)13(12)16/h2-5,16H,6-7H2,1H3. The highest BCUT2D eigenvalue weighted by molar-refractivity contribution is 6.24. The number of ketones is 2. The highest BCUT2D eigenvalue weighted by Crippen LogP contribution is 2.26. The molecule has 0 amide bonds. The van der Waals surface area contributed by atoms with Crippen molar-refractivity contribution in [2.24, 2.45) is 0 Å². The fraction of sp³-hybridized carbons (Fsp3) is 0.231. The third-order valence-corrected chi connectivity index (χ3v) is 2.76. The molecule has 1 aromatic rings. The predicted molar refractivity (Wildman–Crippen MR) is 60.0 cm³/mol. The molecule has 0 spiro atoms. The van der Waals surface area contributed by atoms with E-state index in [1.165, 1.54) is 6.92 Å². The van der Waals surface area contributed by atoms with E-state index in [-0.39, 0.29) is 29.3 Å². The van der Waals surface area contributed by atoms with Crippen molar-refractivity contribution in [3.8, 4) is 0 Å². The first kappa shape index (κ1) is 10.6. The highest BCUT2D eigenvalue weighted by Gasteiger charge is 2.25. The van der Waals surface area contributed by atoms with Crippen molar-refractivity contribution in [1.82, 2.24) is 0 Å². The Hall–Kier alpha value is -1.90. The normalized spacial score (nSPS) is 15.7. The Morgan fingerprint density at radius 3 is 2.62 bits per heavy atom. The number of fused-ring (bicyclic) bond motifs is 1. The second kappa shape index (κ2) is 3.93. The van der Waals surface area contributed by atoms with Crippen LogP contribution in [0.3, 0.4) is 0 Å². The van der Waals surface area contributed by atoms with Crippen molar-refractivity contribution >= 4 is 17.3 Å². The zero-order chi connectivity index (χ0) is 11.7. The number of aryl methyl sites for hydroxylation is 1. The first-order valence-electron chi connectivity index (χ1n) is 5.17. The molecule has 0 unspecified atom stereocenters. The minimum absolute atomic E-state index is 0.0649. The average Bonchev–Trinajstić information content (AvgIpc) is 2.37. The van der Waals surface area contributed by atoms with Crippen molar-refractivity contribution in [2.75, 3.05) is 0 Å². The van der Waals surface area contributed by atoms with Crippen LogP contribution in [-0.4, -0.2) is 16.7 Å². The van der Waals surface area contributed by atoms with Crippen molar-refractivity contribution in [1.29, 1.82) is 0 Å². The lowest BCUT2D eigenvalue weighted by molar-refractivity contribution is -0.120. The van der Waals surface area contributed by atoms with E-state index >= 15 is 0 Å². The first-order chi connectivity index (χ1) is 7.61. The molecule has 1 N–H and O–H groups in total. The van der Waals surface area contributed by atoms with E-state index in [4.69, 9.17) is 0 Å². The quantitative estimate of drug-likeness (QED) is 0.731. The maximum absolute atomic E-state index is 11.7. The summed E-state index contributed by atoms with van der Waals surface area (Å²) in [5.74, 6) is -0.828. The molecule has 1 aromatic carbocycles. The van der Waals surface area contributed by atoms with Gasteiger partial charge in [-0.2, -0.15) is 0 Å². The number of allylic oxidation sites excluding steroid dienone is 1. The molecule has 16 heavy (non-hydrogen) atoms. The zero-order valence-corrected chi connectivity index (χ0v) is 8.99. The van der Waals surface area contributed by atoms with E-state index in [0.717, 1.165) is 5.56 Å². The maximum Gasteiger partial charge on any atom is 0.170 e. The van der Waals surface area contributed by atoms with Gasteiger partial charge in [-0.1, -0.05) is 24.3 Å². The van der Waals surface area contributed by atoms with Crippen LogP contribution in [0, 0.1) is 0 Å². The monoisotopic (exact) mass is 216 g/mol. The number of carbonyl (C=O) groups excluding carboxylic acids is 2. The Morgan fingerprint density at radius 2 is 1.94 bits per heavy atom. The lowest BCUT2D eigenvalue weighted by Gasteiger charge is -2.05. The summed E-state index contributed by atoms with van der Waals surface area (Å²) in [7, 11) is 0. The summed E-state index contributed by atoms with van der Waals surface area (Å²) in [4.78, 5) is 23.0. The van der Waals surface area contributed by atoms with Gasteiger partial charge in [0.15, 0.2) is 11.6 Å². The topological polar surface area (TPSA) is 54.4 Å². The molecular formula is C13H12O3. The Kier molecular flexibility index (Phi) is 2.60. The van der Waals surface area contributed by atoms with Crippen LogP contribution in [0.4, 0.5) is 0 Å². The molecule has 0 bridgehead atoms. The lowest BCUT2D eigenvalue weighted by atomic mass is 10.0. The predicted octanol–water partition coefficient (Wildman–Crippen LogP) is 2.06. The van der Waals surface area contributed by atoms with Gasteiger partial charge in [-0.05, 0) is 18.9 Å². The van der Waals surface area contributed by atoms with Gasteiger partial charge in [-0.25, -0.2) is 0 Å². The summed E-state index contributed by atoms with van der Waals surface area (Å²) >= 11 is 0. The van der Waals surface area contributed by atoms with Gasteiger partial charge in [-0.3, -0.25) is 9.59 Å². The lowest BCUT2D eigenvalue weighted by Crippen LogP contribution is -2.11. The van der Waals surface area contributed by atoms with Crippen LogP contribution < -0.4 is 0 Å². The number of Topliss-reactive ketones (excluding diaryl/α,β-unsaturated/α-hetero) is 2. The van der Waals surface area contributed by atoms with E-state index in [0.29, 0.717) is 12.0 Å². The van der Waals surface area contributed by atoms with Crippen LogP contribution in [0.2, 0.25) is 0 Å². The number of benzene rings is 1. The van der Waals surface area contributed by atoms with Crippen LogP contribution in [0.5, 0.6) is 0 Å². The van der Waals surface area contributed by atoms with Gasteiger partial charge in [0.1, 0.15) is 11.3 Å². The Morgan fingerprint density at radius 1 is 1.25 bits per heavy atom. The molecule has 0 atom stereocenters. The van der Waals surface area contributed by atoms with Crippen LogP contribution >= 0.6 is 0 Å². The summed E-state index contributed by atoms with van der Waals surface area (Å²) < 4.78 is 0. The molecule has 0 radical (unpaired) electrons. The summed E-state index contributed by atoms with van der Waals surface area (Å²) in [5.41, 5.74) is 1.44. The molecule has 1 aliphatic carbocycles. The SMILES string of the molecule is CC(=O)C1=C(O)c2ccccc2CCC1=O. The Balaban J connectivity index is 2.67. The number of hydrogen-bond donors (Lipinski definition) is 1. The zero-order valence-electron chi connectivity index (χ0n) is 8.99. The second-order valence-corrected chi connectivity index (χ2v) is 3.86. The van der Waals surface area contributed by atoms with Crippen molar-refractivity contribution in [3.63, 3.8) is 0 Å². The van der Waals surface area contributed by atoms with Gasteiger partial charge >= 0.3 is 0 Å². The number of rotatable bonds is 1. The maximum atomic E-state index is 11.7. The molecule has 1 aliphatic rings. The molecule has 0 aliphatic heterocycles. The largest absolute Gasteiger partial charge is 0.506 e. The molecule has 0 saturated carbocycles. The number of aliphatic hydroxyl groups excluding tert-OH is 1. The second-order valence-electron chi connectivity index (χ2n) is 3.86. The molecule has 3 nitrogen and oxygen atoms in total. The first-order valence-corrected chi connectivity index (χ1v) is 5.17. The van der Waals surface area contributed by atoms with Gasteiger partial charge in [-0.15, -0.1) is 0 Å². The summed E-state index contributed by atoms with van der Waals surface area (Å²) in [6, 6.07) is 7.23. The Bertz CT molecular complexity index is 498. The molecule has 3 heteroatoms. The third kappa shape index (κ3) is 1.65. The van der Waals surface area contributed by atoms with Crippen LogP contribution in [0.15, 0.2) is 29.8 Å². The van der Waals surface area contributed by atoms with Gasteiger partial charge < -0.3 is 5.11 Å². The number of hydrogen-bond acceptors (Lipinski definition) is 3. The number of carbonyl (C=O) groups is 2. The van der Waals surface area contributed by atoms with E-state index in [2.05, 4.69) is 0 Å². The van der Waals surface area contributed by atoms with Gasteiger partial charge in [0.2, 0.25) is 0 Å². The Labute approximate surface area is 93.4 Å². The molecular weight excluding hydrogens is 204 g/mol. The fourth-order valence-corrected chi connectivity index (χ4v) is 1.97. The van der Waals surface area contributed by atoms with Crippen molar-refractivity contribution < 1.29 is 14.7 Å². The molecule has 82 valence electrons. The van der Waals surface area contributed by atoms with Crippen LogP contribution in [0.25, 0.3) is 5.76 Å². The van der Waals surface area contributed by atoms with E-state index in [1.54, 1.807) is 12.1 Å². The van der Waals surface area contributed by atoms with Gasteiger partial charge in [0.05, 0.1) is 0 Å². The molecule has 0 heterocycles. The summed E-state index contributed by atoms with van der Waals surface area (Å²) in [6.07, 6.45) is 0.839. The number of aliphatic hydroxyl groups is 1. The molecule has 2 rings (SSSR count). The minimum Gasteiger partial charge on any atom is -0.506 e. The smallest absolute Gasteiger partial charge is 0.170 e.